The molecule has 2 aromatic rings. The molecule has 0 bridgehead atoms. The number of hydrogen-bond donors (Lipinski definition) is 0. The number of ketones is 1. The minimum absolute atomic E-state index is 0.139. The zero-order chi connectivity index (χ0) is 22.2. The molecule has 0 N–H and O–H groups in total. The van der Waals surface area contributed by atoms with Crippen LogP contribution in [0.3, 0.4) is 0 Å². The summed E-state index contributed by atoms with van der Waals surface area (Å²) in [5, 5.41) is 0. The smallest absolute Gasteiger partial charge is 0.161 e. The van der Waals surface area contributed by atoms with E-state index in [1.807, 2.05) is 54.6 Å². The minimum Gasteiger partial charge on any atom is -0.493 e. The van der Waals surface area contributed by atoms with Gasteiger partial charge in [0.2, 0.25) is 0 Å². The average molecular weight is 421 g/mol. The van der Waals surface area contributed by atoms with Crippen molar-refractivity contribution < 1.29 is 23.7 Å². The van der Waals surface area contributed by atoms with Gasteiger partial charge in [-0.1, -0.05) is 36.4 Å². The van der Waals surface area contributed by atoms with Crippen LogP contribution in [-0.2, 0) is 4.79 Å². The molecule has 0 heterocycles. The van der Waals surface area contributed by atoms with Crippen molar-refractivity contribution in [2.45, 2.75) is 12.8 Å². The molecular formula is C26H28O5. The Morgan fingerprint density at radius 1 is 0.710 bits per heavy atom. The molecule has 0 spiro atoms. The van der Waals surface area contributed by atoms with Crippen LogP contribution >= 0.6 is 0 Å². The van der Waals surface area contributed by atoms with Gasteiger partial charge < -0.3 is 18.9 Å². The number of benzene rings is 2. The molecule has 1 aliphatic carbocycles. The van der Waals surface area contributed by atoms with E-state index in [2.05, 4.69) is 6.08 Å². The summed E-state index contributed by atoms with van der Waals surface area (Å²) in [5.74, 6) is 3.03. The summed E-state index contributed by atoms with van der Waals surface area (Å²) in [6.45, 7) is 0. The molecule has 162 valence electrons. The Balaban J connectivity index is 1.70. The highest BCUT2D eigenvalue weighted by Crippen LogP contribution is 2.31. The first-order chi connectivity index (χ1) is 15.1. The molecule has 3 rings (SSSR count). The summed E-state index contributed by atoms with van der Waals surface area (Å²) in [6, 6.07) is 11.5. The largest absolute Gasteiger partial charge is 0.493 e. The predicted octanol–water partition coefficient (Wildman–Crippen LogP) is 5.35. The zero-order valence-electron chi connectivity index (χ0n) is 18.4. The van der Waals surface area contributed by atoms with Crippen LogP contribution in [0.2, 0.25) is 0 Å². The van der Waals surface area contributed by atoms with Gasteiger partial charge in [0.1, 0.15) is 0 Å². The van der Waals surface area contributed by atoms with Crippen molar-refractivity contribution in [2.24, 2.45) is 5.92 Å². The van der Waals surface area contributed by atoms with E-state index in [1.165, 1.54) is 0 Å². The Morgan fingerprint density at radius 3 is 1.81 bits per heavy atom. The molecule has 0 aromatic heterocycles. The van der Waals surface area contributed by atoms with Crippen molar-refractivity contribution in [1.29, 1.82) is 0 Å². The third-order valence-corrected chi connectivity index (χ3v) is 5.17. The maximum atomic E-state index is 12.3. The van der Waals surface area contributed by atoms with E-state index in [9.17, 15) is 4.79 Å². The molecule has 31 heavy (non-hydrogen) atoms. The molecule has 5 nitrogen and oxygen atoms in total. The molecule has 0 saturated carbocycles. The van der Waals surface area contributed by atoms with Crippen LogP contribution in [0.25, 0.3) is 12.2 Å². The van der Waals surface area contributed by atoms with E-state index in [-0.39, 0.29) is 11.7 Å². The van der Waals surface area contributed by atoms with Crippen LogP contribution in [0, 0.1) is 5.92 Å². The fourth-order valence-electron chi connectivity index (χ4n) is 3.57. The van der Waals surface area contributed by atoms with Gasteiger partial charge in [0.05, 0.1) is 28.4 Å². The number of carbonyl (C=O) groups excluding carboxylic acids is 1. The Kier molecular flexibility index (Phi) is 7.55. The predicted molar refractivity (Wildman–Crippen MR) is 123 cm³/mol. The van der Waals surface area contributed by atoms with E-state index in [0.717, 1.165) is 23.1 Å². The second-order valence-corrected chi connectivity index (χ2v) is 7.28. The SMILES string of the molecule is COc1ccc(C=CC2=CC(=O)CC(C=Cc3ccc(OC)c(OC)c3)C2)cc1OC. The second kappa shape index (κ2) is 10.5. The van der Waals surface area contributed by atoms with Crippen LogP contribution in [0.1, 0.15) is 24.0 Å². The van der Waals surface area contributed by atoms with Crippen LogP contribution < -0.4 is 18.9 Å². The molecule has 0 aliphatic heterocycles. The van der Waals surface area contributed by atoms with Gasteiger partial charge in [0.15, 0.2) is 28.8 Å². The van der Waals surface area contributed by atoms with Gasteiger partial charge in [0.25, 0.3) is 0 Å². The quantitative estimate of drug-likeness (QED) is 0.576. The molecule has 0 saturated heterocycles. The maximum absolute atomic E-state index is 12.3. The van der Waals surface area contributed by atoms with Gasteiger partial charge in [-0.05, 0) is 59.4 Å². The van der Waals surface area contributed by atoms with Crippen molar-refractivity contribution in [1.82, 2.24) is 0 Å². The van der Waals surface area contributed by atoms with Gasteiger partial charge >= 0.3 is 0 Å². The number of methoxy groups -OCH3 is 4. The van der Waals surface area contributed by atoms with Gasteiger partial charge in [-0.15, -0.1) is 0 Å². The van der Waals surface area contributed by atoms with Crippen molar-refractivity contribution >= 4 is 17.9 Å². The Labute approximate surface area is 183 Å². The van der Waals surface area contributed by atoms with Gasteiger partial charge in [-0.2, -0.15) is 0 Å². The Hall–Kier alpha value is -3.47. The molecule has 1 atom stereocenters. The average Bonchev–Trinajstić information content (AvgIpc) is 2.80. The van der Waals surface area contributed by atoms with E-state index in [1.54, 1.807) is 34.5 Å². The van der Waals surface area contributed by atoms with Crippen LogP contribution in [0.5, 0.6) is 23.0 Å². The highest BCUT2D eigenvalue weighted by Gasteiger charge is 2.17. The van der Waals surface area contributed by atoms with Crippen molar-refractivity contribution in [2.75, 3.05) is 28.4 Å². The number of carbonyl (C=O) groups is 1. The molecule has 1 unspecified atom stereocenters. The first-order valence-corrected chi connectivity index (χ1v) is 10.1. The summed E-state index contributed by atoms with van der Waals surface area (Å²) >= 11 is 0. The monoisotopic (exact) mass is 420 g/mol. The van der Waals surface area contributed by atoms with E-state index in [0.29, 0.717) is 29.4 Å². The maximum Gasteiger partial charge on any atom is 0.161 e. The zero-order valence-corrected chi connectivity index (χ0v) is 18.4. The van der Waals surface area contributed by atoms with Gasteiger partial charge in [0, 0.05) is 6.42 Å². The third-order valence-electron chi connectivity index (χ3n) is 5.17. The topological polar surface area (TPSA) is 54.0 Å². The lowest BCUT2D eigenvalue weighted by atomic mass is 9.87. The summed E-state index contributed by atoms with van der Waals surface area (Å²) in [7, 11) is 6.46. The number of ether oxygens (including phenoxy) is 4. The Bertz CT molecular complexity index is 1020. The van der Waals surface area contributed by atoms with Crippen LogP contribution in [0.15, 0.2) is 60.2 Å². The highest BCUT2D eigenvalue weighted by molar-refractivity contribution is 5.92. The first kappa shape index (κ1) is 22.2. The van der Waals surface area contributed by atoms with Crippen molar-refractivity contribution in [3.63, 3.8) is 0 Å². The fraction of sp³-hybridized carbons (Fsp3) is 0.269. The van der Waals surface area contributed by atoms with Crippen LogP contribution in [-0.4, -0.2) is 34.2 Å². The highest BCUT2D eigenvalue weighted by atomic mass is 16.5. The molecule has 0 radical (unpaired) electrons. The normalized spacial score (nSPS) is 16.5. The lowest BCUT2D eigenvalue weighted by molar-refractivity contribution is -0.115. The number of hydrogen-bond acceptors (Lipinski definition) is 5. The minimum atomic E-state index is 0.139. The van der Waals surface area contributed by atoms with Crippen molar-refractivity contribution in [3.05, 3.63) is 71.3 Å². The third kappa shape index (κ3) is 5.79. The number of rotatable bonds is 8. The van der Waals surface area contributed by atoms with Gasteiger partial charge in [-0.25, -0.2) is 0 Å². The summed E-state index contributed by atoms with van der Waals surface area (Å²) < 4.78 is 21.3. The van der Waals surface area contributed by atoms with Crippen molar-refractivity contribution in [3.8, 4) is 23.0 Å². The lowest BCUT2D eigenvalue weighted by Crippen LogP contribution is -2.11. The number of allylic oxidation sites excluding steroid dienone is 4. The summed E-state index contributed by atoms with van der Waals surface area (Å²) in [6.07, 6.45) is 11.2. The molecule has 0 amide bonds. The molecule has 0 fully saturated rings. The van der Waals surface area contributed by atoms with E-state index >= 15 is 0 Å². The molecule has 2 aromatic carbocycles. The molecular weight excluding hydrogens is 392 g/mol. The fourth-order valence-corrected chi connectivity index (χ4v) is 3.57. The Morgan fingerprint density at radius 2 is 1.26 bits per heavy atom. The standard InChI is InChI=1S/C26H28O5/c1-28-23-11-9-18(16-25(23)30-3)5-7-20-13-21(15-22(27)14-20)8-6-19-10-12-24(29-2)26(17-19)31-4/h5-12,14,16-17,21H,13,15H2,1-4H3. The van der Waals surface area contributed by atoms with E-state index < -0.39 is 0 Å². The summed E-state index contributed by atoms with van der Waals surface area (Å²) in [5.41, 5.74) is 2.99. The second-order valence-electron chi connectivity index (χ2n) is 7.28. The molecule has 5 heteroatoms. The molecule has 1 aliphatic rings. The first-order valence-electron chi connectivity index (χ1n) is 10.1. The van der Waals surface area contributed by atoms with Crippen LogP contribution in [0.4, 0.5) is 0 Å². The lowest BCUT2D eigenvalue weighted by Gasteiger charge is -2.17. The van der Waals surface area contributed by atoms with Gasteiger partial charge in [-0.3, -0.25) is 4.79 Å². The summed E-state index contributed by atoms with van der Waals surface area (Å²) in [4.78, 5) is 12.3. The van der Waals surface area contributed by atoms with E-state index in [4.69, 9.17) is 18.9 Å².